The number of rotatable bonds is 4. The number of hydrogen-bond donors (Lipinski definition) is 3. The molecular weight excluding hydrogens is 266 g/mol. The first-order valence-electron chi connectivity index (χ1n) is 4.95. The quantitative estimate of drug-likeness (QED) is 0.680. The molecule has 0 saturated heterocycles. The van der Waals surface area contributed by atoms with Crippen molar-refractivity contribution in [3.8, 4) is 0 Å². The van der Waals surface area contributed by atoms with Crippen molar-refractivity contribution in [2.24, 2.45) is 0 Å². The summed E-state index contributed by atoms with van der Waals surface area (Å²) in [7, 11) is 0.932. The average Bonchev–Trinajstić information content (AvgIpc) is 2.38. The van der Waals surface area contributed by atoms with Gasteiger partial charge in [-0.3, -0.25) is 0 Å². The molecule has 2 atom stereocenters. The van der Waals surface area contributed by atoms with Crippen LogP contribution in [0.25, 0.3) is 0 Å². The van der Waals surface area contributed by atoms with Gasteiger partial charge in [-0.25, -0.2) is 18.4 Å². The average molecular weight is 276 g/mol. The van der Waals surface area contributed by atoms with Gasteiger partial charge in [-0.1, -0.05) is 0 Å². The van der Waals surface area contributed by atoms with Crippen molar-refractivity contribution in [1.29, 1.82) is 0 Å². The van der Waals surface area contributed by atoms with Crippen LogP contribution >= 0.6 is 0 Å². The normalized spacial score (nSPS) is 13.7. The molecule has 0 aromatic heterocycles. The number of methoxy groups -OCH3 is 1. The van der Waals surface area contributed by atoms with Crippen LogP contribution in [0.5, 0.6) is 0 Å². The summed E-state index contributed by atoms with van der Waals surface area (Å²) in [6.45, 7) is 0. The molecule has 2 unspecified atom stereocenters. The van der Waals surface area contributed by atoms with Crippen LogP contribution in [0.15, 0.2) is 12.1 Å². The summed E-state index contributed by atoms with van der Waals surface area (Å²) in [6, 6.07) is 0.746. The minimum absolute atomic E-state index is 0.347. The lowest BCUT2D eigenvalue weighted by Gasteiger charge is -2.18. The van der Waals surface area contributed by atoms with Crippen molar-refractivity contribution in [3.05, 3.63) is 34.9 Å². The lowest BCUT2D eigenvalue weighted by molar-refractivity contribution is -0.156. The standard InChI is InChI=1S/C11H10F2O6/c1-19-11(18)9(15)8(14)4-2-6(12)7(13)3-5(4)10(16)17/h2-3,8-9,14-15H,1H3,(H,16,17). The topological polar surface area (TPSA) is 104 Å². The Morgan fingerprint density at radius 1 is 1.21 bits per heavy atom. The third kappa shape index (κ3) is 3.04. The molecule has 0 amide bonds. The van der Waals surface area contributed by atoms with Crippen LogP contribution in [0.2, 0.25) is 0 Å². The zero-order valence-electron chi connectivity index (χ0n) is 9.63. The van der Waals surface area contributed by atoms with Gasteiger partial charge in [0.1, 0.15) is 6.10 Å². The fraction of sp³-hybridized carbons (Fsp3) is 0.273. The Balaban J connectivity index is 3.29. The highest BCUT2D eigenvalue weighted by Gasteiger charge is 2.30. The Morgan fingerprint density at radius 2 is 1.74 bits per heavy atom. The summed E-state index contributed by atoms with van der Waals surface area (Å²) in [6.07, 6.45) is -4.18. The van der Waals surface area contributed by atoms with E-state index in [2.05, 4.69) is 4.74 Å². The number of carboxylic acids is 1. The van der Waals surface area contributed by atoms with Gasteiger partial charge >= 0.3 is 11.9 Å². The Bertz CT molecular complexity index is 516. The van der Waals surface area contributed by atoms with Crippen molar-refractivity contribution in [1.82, 2.24) is 0 Å². The fourth-order valence-electron chi connectivity index (χ4n) is 1.41. The fourth-order valence-corrected chi connectivity index (χ4v) is 1.41. The van der Waals surface area contributed by atoms with Gasteiger partial charge < -0.3 is 20.1 Å². The highest BCUT2D eigenvalue weighted by atomic mass is 19.2. The van der Waals surface area contributed by atoms with Crippen molar-refractivity contribution >= 4 is 11.9 Å². The van der Waals surface area contributed by atoms with Crippen molar-refractivity contribution in [3.63, 3.8) is 0 Å². The zero-order chi connectivity index (χ0) is 14.7. The Morgan fingerprint density at radius 3 is 2.21 bits per heavy atom. The summed E-state index contributed by atoms with van der Waals surface area (Å²) < 4.78 is 30.1. The molecule has 1 aromatic carbocycles. The molecule has 0 aliphatic heterocycles. The number of hydrogen-bond acceptors (Lipinski definition) is 5. The molecule has 8 heteroatoms. The molecule has 0 saturated carbocycles. The third-order valence-electron chi connectivity index (χ3n) is 2.38. The number of halogens is 2. The molecule has 3 N–H and O–H groups in total. The lowest BCUT2D eigenvalue weighted by Crippen LogP contribution is -2.30. The summed E-state index contributed by atoms with van der Waals surface area (Å²) in [5, 5.41) is 27.8. The van der Waals surface area contributed by atoms with E-state index in [0.717, 1.165) is 7.11 Å². The van der Waals surface area contributed by atoms with Gasteiger partial charge in [0.05, 0.1) is 12.7 Å². The number of benzene rings is 1. The maximum atomic E-state index is 13.1. The minimum atomic E-state index is -2.12. The van der Waals surface area contributed by atoms with Gasteiger partial charge in [0.2, 0.25) is 0 Å². The molecule has 1 aromatic rings. The van der Waals surface area contributed by atoms with E-state index in [0.29, 0.717) is 12.1 Å². The van der Waals surface area contributed by atoms with E-state index in [-0.39, 0.29) is 0 Å². The summed E-state index contributed by atoms with van der Waals surface area (Å²) in [5.74, 6) is -5.74. The predicted octanol–water partition coefficient (Wildman–Crippen LogP) is 0.230. The molecule has 104 valence electrons. The maximum absolute atomic E-state index is 13.1. The van der Waals surface area contributed by atoms with Crippen LogP contribution < -0.4 is 0 Å². The molecule has 0 bridgehead atoms. The SMILES string of the molecule is COC(=O)C(O)C(O)c1cc(F)c(F)cc1C(=O)O. The number of aromatic carboxylic acids is 1. The number of carbonyl (C=O) groups excluding carboxylic acids is 1. The van der Waals surface area contributed by atoms with E-state index in [1.165, 1.54) is 0 Å². The Kier molecular flexibility index (Phi) is 4.52. The lowest BCUT2D eigenvalue weighted by atomic mass is 9.98. The molecule has 0 radical (unpaired) electrons. The summed E-state index contributed by atoms with van der Waals surface area (Å²) in [4.78, 5) is 21.9. The van der Waals surface area contributed by atoms with Crippen molar-refractivity contribution in [2.75, 3.05) is 7.11 Å². The molecule has 0 aliphatic carbocycles. The first-order valence-corrected chi connectivity index (χ1v) is 4.95. The molecule has 6 nitrogen and oxygen atoms in total. The number of esters is 1. The van der Waals surface area contributed by atoms with Crippen LogP contribution in [0.1, 0.15) is 22.0 Å². The molecule has 1 rings (SSSR count). The van der Waals surface area contributed by atoms with Crippen LogP contribution in [0, 0.1) is 11.6 Å². The monoisotopic (exact) mass is 276 g/mol. The van der Waals surface area contributed by atoms with Gasteiger partial charge in [0, 0.05) is 5.56 Å². The van der Waals surface area contributed by atoms with Crippen LogP contribution in [-0.4, -0.2) is 40.5 Å². The smallest absolute Gasteiger partial charge is 0.337 e. The second-order valence-corrected chi connectivity index (χ2v) is 3.57. The van der Waals surface area contributed by atoms with E-state index in [4.69, 9.17) is 5.11 Å². The maximum Gasteiger partial charge on any atom is 0.337 e. The number of carboxylic acid groups (broad SMARTS) is 1. The van der Waals surface area contributed by atoms with Crippen LogP contribution in [-0.2, 0) is 9.53 Å². The Labute approximate surface area is 105 Å². The second-order valence-electron chi connectivity index (χ2n) is 3.57. The molecule has 0 fully saturated rings. The predicted molar refractivity (Wildman–Crippen MR) is 56.3 cm³/mol. The first-order chi connectivity index (χ1) is 8.79. The van der Waals surface area contributed by atoms with Gasteiger partial charge in [-0.2, -0.15) is 0 Å². The van der Waals surface area contributed by atoms with E-state index in [1.807, 2.05) is 0 Å². The molecule has 0 aliphatic rings. The van der Waals surface area contributed by atoms with Crippen LogP contribution in [0.4, 0.5) is 8.78 Å². The Hall–Kier alpha value is -2.06. The van der Waals surface area contributed by atoms with E-state index < -0.39 is 46.9 Å². The third-order valence-corrected chi connectivity index (χ3v) is 2.38. The van der Waals surface area contributed by atoms with Gasteiger partial charge in [-0.05, 0) is 12.1 Å². The zero-order valence-corrected chi connectivity index (χ0v) is 9.63. The summed E-state index contributed by atoms with van der Waals surface area (Å²) >= 11 is 0. The van der Waals surface area contributed by atoms with E-state index in [9.17, 15) is 28.6 Å². The van der Waals surface area contributed by atoms with Crippen LogP contribution in [0.3, 0.4) is 0 Å². The van der Waals surface area contributed by atoms with Crippen molar-refractivity contribution < 1.29 is 38.4 Å². The van der Waals surface area contributed by atoms with E-state index >= 15 is 0 Å². The first kappa shape index (κ1) is 15.0. The molecule has 0 heterocycles. The van der Waals surface area contributed by atoms with Crippen molar-refractivity contribution in [2.45, 2.75) is 12.2 Å². The second kappa shape index (κ2) is 5.72. The van der Waals surface area contributed by atoms with Gasteiger partial charge in [0.15, 0.2) is 17.7 Å². The number of aliphatic hydroxyl groups excluding tert-OH is 2. The highest BCUT2D eigenvalue weighted by molar-refractivity contribution is 5.90. The minimum Gasteiger partial charge on any atom is -0.478 e. The van der Waals surface area contributed by atoms with E-state index in [1.54, 1.807) is 0 Å². The molecular formula is C11H10F2O6. The number of ether oxygens (including phenoxy) is 1. The molecule has 0 spiro atoms. The molecule has 19 heavy (non-hydrogen) atoms. The summed E-state index contributed by atoms with van der Waals surface area (Å²) in [5.41, 5.74) is -1.40. The number of carbonyl (C=O) groups is 2. The largest absolute Gasteiger partial charge is 0.478 e. The van der Waals surface area contributed by atoms with Gasteiger partial charge in [-0.15, -0.1) is 0 Å². The van der Waals surface area contributed by atoms with Gasteiger partial charge in [0.25, 0.3) is 0 Å². The number of aliphatic hydroxyl groups is 2. The highest BCUT2D eigenvalue weighted by Crippen LogP contribution is 2.24.